The Balaban J connectivity index is 1.97. The summed E-state index contributed by atoms with van der Waals surface area (Å²) in [6.07, 6.45) is 4.76. The molecule has 0 unspecified atom stereocenters. The predicted octanol–water partition coefficient (Wildman–Crippen LogP) is 4.87. The fourth-order valence-corrected chi connectivity index (χ4v) is 3.52. The second kappa shape index (κ2) is 5.53. The summed E-state index contributed by atoms with van der Waals surface area (Å²) in [4.78, 5) is 12.6. The molecule has 3 rings (SSSR count). The van der Waals surface area contributed by atoms with Gasteiger partial charge in [0, 0.05) is 15.6 Å². The van der Waals surface area contributed by atoms with Gasteiger partial charge in [-0.05, 0) is 73.6 Å². The van der Waals surface area contributed by atoms with Gasteiger partial charge in [-0.2, -0.15) is 0 Å². The molecule has 2 heteroatoms. The summed E-state index contributed by atoms with van der Waals surface area (Å²) in [6.45, 7) is 2.01. The van der Waals surface area contributed by atoms with Gasteiger partial charge in [0.05, 0.1) is 0 Å². The van der Waals surface area contributed by atoms with Crippen LogP contribution in [-0.4, -0.2) is 5.78 Å². The first kappa shape index (κ1) is 13.6. The van der Waals surface area contributed by atoms with Gasteiger partial charge in [-0.25, -0.2) is 0 Å². The van der Waals surface area contributed by atoms with E-state index in [1.807, 2.05) is 31.2 Å². The van der Waals surface area contributed by atoms with Crippen molar-refractivity contribution in [2.24, 2.45) is 0 Å². The lowest BCUT2D eigenvalue weighted by atomic mass is 9.89. The summed E-state index contributed by atoms with van der Waals surface area (Å²) in [7, 11) is 0. The van der Waals surface area contributed by atoms with Gasteiger partial charge >= 0.3 is 0 Å². The minimum absolute atomic E-state index is 0.114. The lowest BCUT2D eigenvalue weighted by molar-refractivity contribution is 0.103. The van der Waals surface area contributed by atoms with Crippen molar-refractivity contribution in [2.75, 3.05) is 0 Å². The molecule has 1 aliphatic carbocycles. The molecule has 2 aromatic rings. The van der Waals surface area contributed by atoms with Gasteiger partial charge in [0.1, 0.15) is 0 Å². The number of carbonyl (C=O) groups is 1. The summed E-state index contributed by atoms with van der Waals surface area (Å²) < 4.78 is 0.957. The minimum Gasteiger partial charge on any atom is -0.289 e. The molecule has 0 aliphatic heterocycles. The lowest BCUT2D eigenvalue weighted by Gasteiger charge is -2.16. The quantitative estimate of drug-likeness (QED) is 0.719. The lowest BCUT2D eigenvalue weighted by Crippen LogP contribution is -2.07. The van der Waals surface area contributed by atoms with Crippen LogP contribution in [0.4, 0.5) is 0 Å². The van der Waals surface area contributed by atoms with Crippen LogP contribution >= 0.6 is 15.9 Å². The Morgan fingerprint density at radius 2 is 1.70 bits per heavy atom. The molecule has 2 aromatic carbocycles. The van der Waals surface area contributed by atoms with E-state index in [4.69, 9.17) is 0 Å². The van der Waals surface area contributed by atoms with E-state index >= 15 is 0 Å². The molecular formula is C18H17BrO. The van der Waals surface area contributed by atoms with E-state index in [0.29, 0.717) is 0 Å². The van der Waals surface area contributed by atoms with E-state index in [0.717, 1.165) is 34.0 Å². The zero-order valence-electron chi connectivity index (χ0n) is 11.6. The Hall–Kier alpha value is -1.41. The molecule has 0 saturated carbocycles. The Labute approximate surface area is 128 Å². The average molecular weight is 329 g/mol. The summed E-state index contributed by atoms with van der Waals surface area (Å²) in [5.74, 6) is 0.114. The summed E-state index contributed by atoms with van der Waals surface area (Å²) in [6, 6.07) is 12.1. The fraction of sp³-hybridized carbons (Fsp3) is 0.278. The molecule has 1 nitrogen and oxygen atoms in total. The zero-order valence-corrected chi connectivity index (χ0v) is 13.2. The highest BCUT2D eigenvalue weighted by Gasteiger charge is 2.14. The van der Waals surface area contributed by atoms with Crippen LogP contribution in [0.2, 0.25) is 0 Å². The van der Waals surface area contributed by atoms with Crippen LogP contribution in [0.15, 0.2) is 40.9 Å². The van der Waals surface area contributed by atoms with Gasteiger partial charge in [-0.15, -0.1) is 0 Å². The van der Waals surface area contributed by atoms with Crippen molar-refractivity contribution in [3.8, 4) is 0 Å². The number of hydrogen-bond acceptors (Lipinski definition) is 1. The Morgan fingerprint density at radius 3 is 2.45 bits per heavy atom. The van der Waals surface area contributed by atoms with Crippen molar-refractivity contribution in [1.29, 1.82) is 0 Å². The number of fused-ring (bicyclic) bond motifs is 1. The summed E-state index contributed by atoms with van der Waals surface area (Å²) in [5, 5.41) is 0. The molecule has 20 heavy (non-hydrogen) atoms. The van der Waals surface area contributed by atoms with Crippen LogP contribution in [0.3, 0.4) is 0 Å². The summed E-state index contributed by atoms with van der Waals surface area (Å²) >= 11 is 3.46. The highest BCUT2D eigenvalue weighted by molar-refractivity contribution is 9.10. The minimum atomic E-state index is 0.114. The van der Waals surface area contributed by atoms with Gasteiger partial charge in [0.15, 0.2) is 5.78 Å². The van der Waals surface area contributed by atoms with Crippen LogP contribution in [0.5, 0.6) is 0 Å². The summed E-state index contributed by atoms with van der Waals surface area (Å²) in [5.41, 5.74) is 5.43. The van der Waals surface area contributed by atoms with Crippen LogP contribution in [0.1, 0.15) is 45.5 Å². The normalized spacial score (nSPS) is 13.9. The number of rotatable bonds is 2. The van der Waals surface area contributed by atoms with Crippen molar-refractivity contribution in [3.63, 3.8) is 0 Å². The molecule has 0 heterocycles. The van der Waals surface area contributed by atoms with Gasteiger partial charge in [-0.3, -0.25) is 4.79 Å². The number of benzene rings is 2. The Kier molecular flexibility index (Phi) is 3.75. The molecule has 0 N–H and O–H groups in total. The smallest absolute Gasteiger partial charge is 0.193 e. The SMILES string of the molecule is Cc1cc(Br)cc(C(=O)c2ccc3c(c2)CCCC3)c1. The molecule has 0 spiro atoms. The van der Waals surface area contributed by atoms with Crippen molar-refractivity contribution in [2.45, 2.75) is 32.6 Å². The zero-order chi connectivity index (χ0) is 14.1. The largest absolute Gasteiger partial charge is 0.289 e. The van der Waals surface area contributed by atoms with Crippen molar-refractivity contribution in [1.82, 2.24) is 0 Å². The van der Waals surface area contributed by atoms with E-state index < -0.39 is 0 Å². The molecule has 0 atom stereocenters. The van der Waals surface area contributed by atoms with Crippen molar-refractivity contribution in [3.05, 3.63) is 68.7 Å². The standard InChI is InChI=1S/C18H17BrO/c1-12-8-16(11-17(19)9-12)18(20)15-7-6-13-4-2-3-5-14(13)10-15/h6-11H,2-5H2,1H3. The van der Waals surface area contributed by atoms with Crippen LogP contribution in [-0.2, 0) is 12.8 Å². The molecule has 0 radical (unpaired) electrons. The highest BCUT2D eigenvalue weighted by atomic mass is 79.9. The first-order valence-electron chi connectivity index (χ1n) is 7.07. The third-order valence-corrected chi connectivity index (χ3v) is 4.37. The number of halogens is 1. The van der Waals surface area contributed by atoms with Gasteiger partial charge in [0.2, 0.25) is 0 Å². The first-order chi connectivity index (χ1) is 9.63. The number of aryl methyl sites for hydroxylation is 3. The van der Waals surface area contributed by atoms with Gasteiger partial charge < -0.3 is 0 Å². The van der Waals surface area contributed by atoms with Crippen LogP contribution in [0, 0.1) is 6.92 Å². The highest BCUT2D eigenvalue weighted by Crippen LogP contribution is 2.24. The van der Waals surface area contributed by atoms with Crippen molar-refractivity contribution >= 4 is 21.7 Å². The van der Waals surface area contributed by atoms with Crippen LogP contribution < -0.4 is 0 Å². The topological polar surface area (TPSA) is 17.1 Å². The molecule has 0 aromatic heterocycles. The predicted molar refractivity (Wildman–Crippen MR) is 85.4 cm³/mol. The first-order valence-corrected chi connectivity index (χ1v) is 7.86. The second-order valence-electron chi connectivity index (χ2n) is 5.54. The monoisotopic (exact) mass is 328 g/mol. The number of carbonyl (C=O) groups excluding carboxylic acids is 1. The molecule has 1 aliphatic rings. The van der Waals surface area contributed by atoms with E-state index in [9.17, 15) is 4.79 Å². The van der Waals surface area contributed by atoms with Crippen molar-refractivity contribution < 1.29 is 4.79 Å². The van der Waals surface area contributed by atoms with Gasteiger partial charge in [0.25, 0.3) is 0 Å². The third-order valence-electron chi connectivity index (χ3n) is 3.91. The van der Waals surface area contributed by atoms with E-state index in [1.54, 1.807) is 0 Å². The Bertz CT molecular complexity index is 653. The van der Waals surface area contributed by atoms with E-state index in [2.05, 4.69) is 28.1 Å². The molecule has 0 bridgehead atoms. The molecule has 0 amide bonds. The molecular weight excluding hydrogens is 312 g/mol. The third kappa shape index (κ3) is 2.71. The fourth-order valence-electron chi connectivity index (χ4n) is 2.91. The molecule has 0 fully saturated rings. The second-order valence-corrected chi connectivity index (χ2v) is 6.45. The maximum Gasteiger partial charge on any atom is 0.193 e. The maximum atomic E-state index is 12.6. The molecule has 0 saturated heterocycles. The number of ketones is 1. The van der Waals surface area contributed by atoms with E-state index in [-0.39, 0.29) is 5.78 Å². The number of hydrogen-bond donors (Lipinski definition) is 0. The molecule has 102 valence electrons. The Morgan fingerprint density at radius 1 is 0.950 bits per heavy atom. The maximum absolute atomic E-state index is 12.6. The van der Waals surface area contributed by atoms with Gasteiger partial charge in [-0.1, -0.05) is 28.1 Å². The van der Waals surface area contributed by atoms with Crippen LogP contribution in [0.25, 0.3) is 0 Å². The van der Waals surface area contributed by atoms with E-state index in [1.165, 1.54) is 24.0 Å². The average Bonchev–Trinajstić information content (AvgIpc) is 2.45.